The zero-order valence-corrected chi connectivity index (χ0v) is 21.2. The first-order valence-corrected chi connectivity index (χ1v) is 12.9. The molecule has 1 amide bonds. The van der Waals surface area contributed by atoms with Crippen molar-refractivity contribution < 1.29 is 49.3 Å². The van der Waals surface area contributed by atoms with Crippen LogP contribution in [-0.4, -0.2) is 137 Å². The summed E-state index contributed by atoms with van der Waals surface area (Å²) in [4.78, 5) is 12.6. The fraction of sp³-hybridized carbons (Fsp3) is 0.955. The van der Waals surface area contributed by atoms with E-state index in [1.807, 2.05) is 0 Å². The number of aliphatic hydroxyl groups is 5. The molecule has 0 spiro atoms. The summed E-state index contributed by atoms with van der Waals surface area (Å²) in [5.74, 6) is -0.762. The molecule has 0 aromatic rings. The van der Waals surface area contributed by atoms with Crippen molar-refractivity contribution in [3.05, 3.63) is 0 Å². The van der Waals surface area contributed by atoms with Crippen LogP contribution in [0.1, 0.15) is 25.7 Å². The van der Waals surface area contributed by atoms with Crippen molar-refractivity contribution in [3.8, 4) is 0 Å². The number of amides is 1. The highest BCUT2D eigenvalue weighted by Crippen LogP contribution is 2.31. The Morgan fingerprint density at radius 3 is 2.26 bits per heavy atom. The fourth-order valence-corrected chi connectivity index (χ4v) is 5.02. The Bertz CT molecular complexity index is 755. The van der Waals surface area contributed by atoms with Crippen LogP contribution in [0.2, 0.25) is 0 Å². The van der Waals surface area contributed by atoms with Crippen LogP contribution in [0.5, 0.6) is 0 Å². The maximum absolute atomic E-state index is 12.6. The Morgan fingerprint density at radius 1 is 0.947 bits per heavy atom. The van der Waals surface area contributed by atoms with Crippen molar-refractivity contribution in [2.24, 2.45) is 28.7 Å². The van der Waals surface area contributed by atoms with Crippen LogP contribution in [0.25, 0.3) is 0 Å². The summed E-state index contributed by atoms with van der Waals surface area (Å²) >= 11 is 0. The van der Waals surface area contributed by atoms with E-state index in [-0.39, 0.29) is 32.0 Å². The molecule has 3 rings (SSSR count). The monoisotopic (exact) mass is 552 g/mol. The van der Waals surface area contributed by atoms with Gasteiger partial charge in [-0.1, -0.05) is 0 Å². The Morgan fingerprint density at radius 2 is 1.63 bits per heavy atom. The van der Waals surface area contributed by atoms with E-state index >= 15 is 0 Å². The van der Waals surface area contributed by atoms with Crippen molar-refractivity contribution >= 4 is 5.91 Å². The van der Waals surface area contributed by atoms with E-state index in [0.29, 0.717) is 12.8 Å². The van der Waals surface area contributed by atoms with Gasteiger partial charge >= 0.3 is 0 Å². The van der Waals surface area contributed by atoms with E-state index in [1.165, 1.54) is 0 Å². The van der Waals surface area contributed by atoms with Crippen LogP contribution >= 0.6 is 0 Å². The molecule has 16 heteroatoms. The molecule has 2 heterocycles. The number of hydrogen-bond acceptors (Lipinski definition) is 15. The van der Waals surface area contributed by atoms with Crippen molar-refractivity contribution in [1.29, 1.82) is 0 Å². The number of carbonyl (C=O) groups excluding carboxylic acids is 1. The van der Waals surface area contributed by atoms with Crippen molar-refractivity contribution in [1.82, 2.24) is 5.32 Å². The number of aliphatic hydroxyl groups excluding tert-OH is 5. The molecular weight excluding hydrogens is 508 g/mol. The Hall–Kier alpha value is -1.09. The van der Waals surface area contributed by atoms with Gasteiger partial charge in [0.05, 0.1) is 30.8 Å². The maximum Gasteiger partial charge on any atom is 0.249 e. The Kier molecular flexibility index (Phi) is 11.6. The van der Waals surface area contributed by atoms with Gasteiger partial charge in [-0.15, -0.1) is 0 Å². The average molecular weight is 553 g/mol. The van der Waals surface area contributed by atoms with Crippen LogP contribution in [0.4, 0.5) is 0 Å². The minimum Gasteiger partial charge on any atom is -0.394 e. The van der Waals surface area contributed by atoms with Gasteiger partial charge in [0.1, 0.15) is 42.7 Å². The van der Waals surface area contributed by atoms with E-state index < -0.39 is 92.0 Å². The molecule has 1 saturated carbocycles. The topological polar surface area (TPSA) is 297 Å². The van der Waals surface area contributed by atoms with Crippen molar-refractivity contribution in [3.63, 3.8) is 0 Å². The fourth-order valence-electron chi connectivity index (χ4n) is 5.02. The third-order valence-electron chi connectivity index (χ3n) is 7.37. The van der Waals surface area contributed by atoms with Gasteiger partial charge in [-0.05, 0) is 32.2 Å². The van der Waals surface area contributed by atoms with Gasteiger partial charge in [-0.2, -0.15) is 0 Å². The first kappa shape index (κ1) is 31.4. The molecule has 3 aliphatic rings. The largest absolute Gasteiger partial charge is 0.394 e. The molecule has 1 aliphatic carbocycles. The van der Waals surface area contributed by atoms with Gasteiger partial charge < -0.3 is 78.5 Å². The molecule has 38 heavy (non-hydrogen) atoms. The van der Waals surface area contributed by atoms with Gasteiger partial charge in [0, 0.05) is 12.6 Å². The number of rotatable bonds is 10. The summed E-state index contributed by atoms with van der Waals surface area (Å²) in [6.45, 7) is -0.296. The summed E-state index contributed by atoms with van der Waals surface area (Å²) in [6, 6.07) is -3.54. The summed E-state index contributed by atoms with van der Waals surface area (Å²) in [5.41, 5.74) is 29.6. The van der Waals surface area contributed by atoms with Crippen molar-refractivity contribution in [2.75, 3.05) is 19.7 Å². The molecule has 2 saturated heterocycles. The number of ether oxygens (including phenoxy) is 4. The molecule has 14 atom stereocenters. The second-order valence-corrected chi connectivity index (χ2v) is 10.2. The average Bonchev–Trinajstić information content (AvgIpc) is 2.89. The molecule has 0 bridgehead atoms. The minimum absolute atomic E-state index is 0.000983. The molecule has 0 radical (unpaired) electrons. The Balaban J connectivity index is 1.82. The first-order valence-electron chi connectivity index (χ1n) is 12.9. The van der Waals surface area contributed by atoms with Crippen LogP contribution in [0.15, 0.2) is 0 Å². The second kappa shape index (κ2) is 14.0. The SMILES string of the molecule is NCC[C@H](O)C(=O)N[C@@H]1C[C@H](N)[C@@H](O[C@H]2O[C@@H](CN)CC[C@H]2N)[C@H](O)[C@H]1O[C@H]1O[C@H](CO)[C@H](O)[C@H](N)[C@H]1O. The molecule has 222 valence electrons. The predicted octanol–water partition coefficient (Wildman–Crippen LogP) is -6.40. The summed E-state index contributed by atoms with van der Waals surface area (Å²) < 4.78 is 23.3. The lowest BCUT2D eigenvalue weighted by atomic mass is 9.83. The third kappa shape index (κ3) is 7.15. The molecular formula is C22H44N6O10. The summed E-state index contributed by atoms with van der Waals surface area (Å²) in [5, 5.41) is 54.4. The van der Waals surface area contributed by atoms with Crippen LogP contribution in [-0.2, 0) is 23.7 Å². The normalized spacial score (nSPS) is 44.9. The first-order chi connectivity index (χ1) is 18.0. The summed E-state index contributed by atoms with van der Waals surface area (Å²) in [7, 11) is 0. The molecule has 3 fully saturated rings. The summed E-state index contributed by atoms with van der Waals surface area (Å²) in [6.07, 6.45) is -10.8. The third-order valence-corrected chi connectivity index (χ3v) is 7.37. The highest BCUT2D eigenvalue weighted by atomic mass is 16.7. The zero-order chi connectivity index (χ0) is 28.1. The number of hydrogen-bond donors (Lipinski definition) is 11. The van der Waals surface area contributed by atoms with Crippen molar-refractivity contribution in [2.45, 2.75) is 111 Å². The van der Waals surface area contributed by atoms with Gasteiger partial charge in [-0.25, -0.2) is 0 Å². The van der Waals surface area contributed by atoms with Crippen LogP contribution in [0, 0.1) is 0 Å². The standard InChI is InChI=1S/C22H44N6O10/c23-4-3-12(30)20(34)28-11-5-10(26)18(37-21-9(25)2-1-8(6-24)35-21)17(33)19(11)38-22-16(32)14(27)15(31)13(7-29)36-22/h8-19,21-22,29-33H,1-7,23-27H2,(H,28,34)/t8-,9-,10+,11-,12+,13-,14+,15+,16-,17+,18-,19+,21-,22-/m1/s1. The molecule has 0 unspecified atom stereocenters. The van der Waals surface area contributed by atoms with E-state index in [9.17, 15) is 30.3 Å². The molecule has 0 aromatic carbocycles. The lowest BCUT2D eigenvalue weighted by Crippen LogP contribution is -2.69. The number of carbonyl (C=O) groups is 1. The predicted molar refractivity (Wildman–Crippen MR) is 131 cm³/mol. The lowest BCUT2D eigenvalue weighted by Gasteiger charge is -2.48. The second-order valence-electron chi connectivity index (χ2n) is 10.2. The molecule has 2 aliphatic heterocycles. The van der Waals surface area contributed by atoms with Crippen LogP contribution in [0.3, 0.4) is 0 Å². The molecule has 16 nitrogen and oxygen atoms in total. The van der Waals surface area contributed by atoms with Gasteiger partial charge in [0.25, 0.3) is 0 Å². The highest BCUT2D eigenvalue weighted by molar-refractivity contribution is 5.80. The van der Waals surface area contributed by atoms with E-state index in [1.54, 1.807) is 0 Å². The van der Waals surface area contributed by atoms with E-state index in [2.05, 4.69) is 5.32 Å². The zero-order valence-electron chi connectivity index (χ0n) is 21.2. The smallest absolute Gasteiger partial charge is 0.249 e. The minimum atomic E-state index is -1.55. The molecule has 0 aromatic heterocycles. The Labute approximate surface area is 220 Å². The molecule has 16 N–H and O–H groups in total. The van der Waals surface area contributed by atoms with Gasteiger partial charge in [0.2, 0.25) is 5.91 Å². The lowest BCUT2D eigenvalue weighted by molar-refractivity contribution is -0.314. The number of nitrogens with two attached hydrogens (primary N) is 5. The van der Waals surface area contributed by atoms with Gasteiger partial charge in [-0.3, -0.25) is 4.79 Å². The van der Waals surface area contributed by atoms with E-state index in [0.717, 1.165) is 0 Å². The maximum atomic E-state index is 12.6. The van der Waals surface area contributed by atoms with Gasteiger partial charge in [0.15, 0.2) is 12.6 Å². The van der Waals surface area contributed by atoms with Crippen LogP contribution < -0.4 is 34.0 Å². The quantitative estimate of drug-likeness (QED) is 0.120. The number of nitrogens with one attached hydrogen (secondary N) is 1. The highest BCUT2D eigenvalue weighted by Gasteiger charge is 2.51. The van der Waals surface area contributed by atoms with E-state index in [4.69, 9.17) is 47.6 Å².